The Labute approximate surface area is 381 Å². The van der Waals surface area contributed by atoms with Gasteiger partial charge < -0.3 is 74.6 Å². The van der Waals surface area contributed by atoms with Crippen molar-refractivity contribution >= 4 is 58.9 Å². The predicted molar refractivity (Wildman–Crippen MR) is 209 cm³/mol. The van der Waals surface area contributed by atoms with Crippen molar-refractivity contribution in [3.63, 3.8) is 0 Å². The summed E-state index contributed by atoms with van der Waals surface area (Å²) >= 11 is 0. The molecule has 5 rings (SSSR count). The largest absolute Gasteiger partial charge is 2.00 e. The van der Waals surface area contributed by atoms with Crippen LogP contribution in [0.3, 0.4) is 0 Å². The number of allylic oxidation sites excluding steroid dienone is 6. The van der Waals surface area contributed by atoms with Gasteiger partial charge in [0, 0.05) is 98.6 Å². The quantitative estimate of drug-likeness (QED) is 0.136. The molecule has 1 radical (unpaired) electrons. The van der Waals surface area contributed by atoms with Crippen molar-refractivity contribution in [1.82, 2.24) is 0 Å². The Bertz CT molecular complexity index is 2220. The number of fused-ring (bicyclic) bond motifs is 6. The maximum atomic E-state index is 12.9. The fraction of sp³-hybridized carbons (Fsp3) is 0.644. The molecule has 0 aliphatic carbocycles. The summed E-state index contributed by atoms with van der Waals surface area (Å²) in [5.74, 6) is -14.3. The van der Waals surface area contributed by atoms with Crippen LogP contribution in [-0.4, -0.2) is 70.5 Å². The average Bonchev–Trinajstić information content (AvgIpc) is 3.75. The van der Waals surface area contributed by atoms with E-state index < -0.39 is 144 Å². The molecular formula is C45H52CoN4O14-6. The second kappa shape index (κ2) is 18.4. The summed E-state index contributed by atoms with van der Waals surface area (Å²) in [5.41, 5.74) is -5.59. The molecule has 351 valence electrons. The smallest absolute Gasteiger partial charge is 0.682 e. The van der Waals surface area contributed by atoms with E-state index in [-0.39, 0.29) is 70.9 Å². The standard InChI is InChI=1S/C45H60N4O14.Co/c1-21-36-24(10-13-30(52)53)41(3,4)28(47-36)18-27-23(9-12-29(50)51)43(6,19-34(60)61)39(46-27)22(2)37-25(11-14-31(54)55)44(7,20-35(62)63)45(8,49-37)40-26(17-33(58)59)42(5,38(21)48-40)16-15-32(56)57;/h18,23-26,40H,9-17,19-20H2,1-8H3,(H8,46,47,48,49,50,51,52,53,54,55,56,57,58,59,60,61,62,63);/q;+2/p-8/t23-,24-,25-,26+,40-,42-,43+,44+,45+;/m1./s1. The van der Waals surface area contributed by atoms with Gasteiger partial charge in [0.1, 0.15) is 0 Å². The van der Waals surface area contributed by atoms with Crippen molar-refractivity contribution in [2.24, 2.45) is 60.3 Å². The zero-order valence-corrected chi connectivity index (χ0v) is 38.1. The number of carboxylic acids is 7. The molecule has 5 heterocycles. The second-order valence-electron chi connectivity index (χ2n) is 19.2. The van der Waals surface area contributed by atoms with E-state index in [9.17, 15) is 69.3 Å². The molecule has 0 aromatic heterocycles. The summed E-state index contributed by atoms with van der Waals surface area (Å²) in [6.07, 6.45) is -3.43. The molecule has 0 aromatic rings. The van der Waals surface area contributed by atoms with Crippen LogP contribution in [0.5, 0.6) is 0 Å². The van der Waals surface area contributed by atoms with E-state index >= 15 is 0 Å². The zero-order chi connectivity index (χ0) is 47.4. The van der Waals surface area contributed by atoms with Crippen LogP contribution >= 0.6 is 0 Å². The van der Waals surface area contributed by atoms with Crippen LogP contribution in [0.4, 0.5) is 0 Å². The first-order valence-corrected chi connectivity index (χ1v) is 21.1. The summed E-state index contributed by atoms with van der Waals surface area (Å²) in [5, 5.41) is 91.9. The summed E-state index contributed by atoms with van der Waals surface area (Å²) in [6, 6.07) is -1.29. The van der Waals surface area contributed by atoms with Gasteiger partial charge in [-0.25, -0.2) is 0 Å². The molecule has 5 aliphatic rings. The SMILES string of the molecule is C/C1=C2/[N-][C@H]([C@H](CC(=O)[O-])[C@@]2(C)CCC(=O)[O-])[C@]2(C)N=C(/C(C)=C3N=C(/C=C4N=C1[C@@H](CCC(=O)[O-])C\4(C)C)[C@@H](CCC(=O)[O-])[C@]\3(C)CC(=O)[O-])[C@@H](CCC(=O)[O-])[C@]2(C)CC(=O)[O-].[Co+2]. The third-order valence-electron chi connectivity index (χ3n) is 15.1. The summed E-state index contributed by atoms with van der Waals surface area (Å²) in [7, 11) is 0. The van der Waals surface area contributed by atoms with Crippen molar-refractivity contribution in [2.75, 3.05) is 0 Å². The molecule has 0 amide bonds. The number of carboxylic acid groups (broad SMARTS) is 7. The van der Waals surface area contributed by atoms with Gasteiger partial charge in [-0.2, -0.15) is 5.70 Å². The van der Waals surface area contributed by atoms with Gasteiger partial charge in [0.15, 0.2) is 0 Å². The van der Waals surface area contributed by atoms with Crippen LogP contribution in [0.15, 0.2) is 49.3 Å². The number of rotatable bonds is 18. The Balaban J connectivity index is 0.00000898. The molecule has 0 aromatic carbocycles. The minimum absolute atomic E-state index is 0. The van der Waals surface area contributed by atoms with Crippen LogP contribution < -0.4 is 35.7 Å². The van der Waals surface area contributed by atoms with Crippen LogP contribution in [-0.2, 0) is 50.3 Å². The molecule has 19 heteroatoms. The average molecular weight is 932 g/mol. The molecule has 1 fully saturated rings. The molecule has 8 bridgehead atoms. The van der Waals surface area contributed by atoms with E-state index in [1.54, 1.807) is 61.5 Å². The molecule has 0 N–H and O–H groups in total. The molecule has 9 atom stereocenters. The Morgan fingerprint density at radius 1 is 0.609 bits per heavy atom. The fourth-order valence-corrected chi connectivity index (χ4v) is 11.6. The summed E-state index contributed by atoms with van der Waals surface area (Å²) < 4.78 is 0. The Kier molecular flexibility index (Phi) is 14.8. The van der Waals surface area contributed by atoms with Crippen LogP contribution in [0, 0.1) is 45.3 Å². The van der Waals surface area contributed by atoms with Gasteiger partial charge in [0.2, 0.25) is 0 Å². The van der Waals surface area contributed by atoms with Gasteiger partial charge in [-0.1, -0.05) is 40.7 Å². The number of aliphatic imine (C=N–C) groups is 3. The number of aliphatic carboxylic acids is 7. The molecule has 0 spiro atoms. The molecule has 18 nitrogen and oxygen atoms in total. The van der Waals surface area contributed by atoms with Gasteiger partial charge in [-0.15, -0.1) is 0 Å². The Morgan fingerprint density at radius 2 is 1.12 bits per heavy atom. The summed E-state index contributed by atoms with van der Waals surface area (Å²) in [6.45, 7) is 13.1. The summed E-state index contributed by atoms with van der Waals surface area (Å²) in [4.78, 5) is 102. The number of hydrogen-bond acceptors (Lipinski definition) is 17. The molecule has 0 saturated carbocycles. The van der Waals surface area contributed by atoms with Gasteiger partial charge in [-0.3, -0.25) is 15.0 Å². The number of carbonyl (C=O) groups is 7. The van der Waals surface area contributed by atoms with Crippen molar-refractivity contribution in [2.45, 2.75) is 138 Å². The number of nitrogens with zero attached hydrogens (tertiary/aromatic N) is 4. The molecule has 1 saturated heterocycles. The van der Waals surface area contributed by atoms with Crippen LogP contribution in [0.1, 0.15) is 126 Å². The zero-order valence-electron chi connectivity index (χ0n) is 37.1. The van der Waals surface area contributed by atoms with E-state index in [1.165, 1.54) is 0 Å². The third kappa shape index (κ3) is 9.06. The fourth-order valence-electron chi connectivity index (χ4n) is 11.6. The number of hydrogen-bond donors (Lipinski definition) is 0. The van der Waals surface area contributed by atoms with Crippen molar-refractivity contribution < 1.29 is 86.1 Å². The maximum absolute atomic E-state index is 12.9. The minimum atomic E-state index is -1.77. The first-order valence-electron chi connectivity index (χ1n) is 21.1. The Morgan fingerprint density at radius 3 is 1.62 bits per heavy atom. The van der Waals surface area contributed by atoms with Gasteiger partial charge >= 0.3 is 16.8 Å². The first kappa shape index (κ1) is 51.5. The molecular weight excluding hydrogens is 879 g/mol. The van der Waals surface area contributed by atoms with Crippen molar-refractivity contribution in [3.05, 3.63) is 39.6 Å². The van der Waals surface area contributed by atoms with E-state index in [1.807, 2.05) is 0 Å². The predicted octanol–water partition coefficient (Wildman–Crippen LogP) is -2.64. The van der Waals surface area contributed by atoms with E-state index in [2.05, 4.69) is 0 Å². The van der Waals surface area contributed by atoms with Crippen LogP contribution in [0.2, 0.25) is 0 Å². The normalized spacial score (nSPS) is 35.6. The molecule has 64 heavy (non-hydrogen) atoms. The minimum Gasteiger partial charge on any atom is -0.682 e. The first-order chi connectivity index (χ1) is 29.0. The topological polar surface area (TPSA) is 332 Å². The molecule has 5 aliphatic heterocycles. The second-order valence-corrected chi connectivity index (χ2v) is 19.2. The van der Waals surface area contributed by atoms with Crippen molar-refractivity contribution in [1.29, 1.82) is 0 Å². The van der Waals surface area contributed by atoms with Gasteiger partial charge in [0.25, 0.3) is 0 Å². The van der Waals surface area contributed by atoms with Gasteiger partial charge in [-0.05, 0) is 120 Å². The molecule has 0 unspecified atom stereocenters. The van der Waals surface area contributed by atoms with Crippen molar-refractivity contribution in [3.8, 4) is 0 Å². The Hall–Kier alpha value is -5.17. The van der Waals surface area contributed by atoms with Gasteiger partial charge in [0.05, 0.1) is 11.2 Å². The van der Waals surface area contributed by atoms with Crippen LogP contribution in [0.25, 0.3) is 5.32 Å². The van der Waals surface area contributed by atoms with E-state index in [0.717, 1.165) is 0 Å². The third-order valence-corrected chi connectivity index (χ3v) is 15.1. The number of carbonyl (C=O) groups excluding carboxylic acids is 7. The van der Waals surface area contributed by atoms with E-state index in [0.29, 0.717) is 17.0 Å². The monoisotopic (exact) mass is 931 g/mol. The van der Waals surface area contributed by atoms with E-state index in [4.69, 9.17) is 20.3 Å². The maximum Gasteiger partial charge on any atom is 2.00 e.